The second-order valence-corrected chi connectivity index (χ2v) is 6.13. The summed E-state index contributed by atoms with van der Waals surface area (Å²) in [5.74, 6) is -1.15. The average molecular weight is 277 g/mol. The fourth-order valence-electron chi connectivity index (χ4n) is 3.43. The molecule has 0 bridgehead atoms. The number of carbonyl (C=O) groups excluding carboxylic acids is 1. The number of carbonyl (C=O) groups is 1. The Kier molecular flexibility index (Phi) is 4.54. The molecule has 0 spiro atoms. The van der Waals surface area contributed by atoms with Gasteiger partial charge in [-0.1, -0.05) is 19.3 Å². The van der Waals surface area contributed by atoms with Gasteiger partial charge in [0.15, 0.2) is 0 Å². The van der Waals surface area contributed by atoms with Gasteiger partial charge < -0.3 is 9.69 Å². The van der Waals surface area contributed by atoms with Crippen LogP contribution in [0.2, 0.25) is 0 Å². The Morgan fingerprint density at radius 2 is 1.68 bits per heavy atom. The summed E-state index contributed by atoms with van der Waals surface area (Å²) in [4.78, 5) is 13.4. The van der Waals surface area contributed by atoms with Crippen LogP contribution in [0.5, 0.6) is 0 Å². The largest absolute Gasteiger partial charge is 0.391 e. The van der Waals surface area contributed by atoms with Gasteiger partial charge in [0.2, 0.25) is 0 Å². The van der Waals surface area contributed by atoms with E-state index >= 15 is 0 Å². The molecule has 1 saturated heterocycles. The van der Waals surface area contributed by atoms with Crippen LogP contribution in [0, 0.1) is 11.3 Å². The summed E-state index contributed by atoms with van der Waals surface area (Å²) in [5.41, 5.74) is -0.288. The first kappa shape index (κ1) is 14.8. The highest BCUT2D eigenvalue weighted by molar-refractivity contribution is 5.60. The zero-order valence-electron chi connectivity index (χ0n) is 11.2. The highest BCUT2D eigenvalue weighted by atomic mass is 19.4. The van der Waals surface area contributed by atoms with E-state index in [1.165, 1.54) is 6.42 Å². The average Bonchev–Trinajstić information content (AvgIpc) is 2.39. The lowest BCUT2D eigenvalue weighted by Gasteiger charge is -2.40. The highest BCUT2D eigenvalue weighted by Gasteiger charge is 2.42. The molecule has 0 radical (unpaired) electrons. The van der Waals surface area contributed by atoms with Crippen LogP contribution in [0.25, 0.3) is 0 Å². The fourth-order valence-corrected chi connectivity index (χ4v) is 3.43. The molecular formula is C14H22F3NO. The Labute approximate surface area is 112 Å². The lowest BCUT2D eigenvalue weighted by atomic mass is 9.74. The molecule has 0 unspecified atom stereocenters. The van der Waals surface area contributed by atoms with Crippen LogP contribution in [0.15, 0.2) is 0 Å². The highest BCUT2D eigenvalue weighted by Crippen LogP contribution is 2.38. The van der Waals surface area contributed by atoms with E-state index in [0.29, 0.717) is 19.6 Å². The Balaban J connectivity index is 1.86. The Bertz CT molecular complexity index is 302. The summed E-state index contributed by atoms with van der Waals surface area (Å²) in [6, 6.07) is 0. The maximum atomic E-state index is 12.6. The standard InChI is InChI=1S/C14H22F3NO/c15-14(16,17)12-4-8-18(9-5-12)10-13(11-19)6-2-1-3-7-13/h11-12H,1-10H2. The van der Waals surface area contributed by atoms with Crippen LogP contribution < -0.4 is 0 Å². The molecule has 2 fully saturated rings. The molecule has 5 heteroatoms. The number of likely N-dealkylation sites (tertiary alicyclic amines) is 1. The monoisotopic (exact) mass is 277 g/mol. The van der Waals surface area contributed by atoms with Crippen LogP contribution in [0.1, 0.15) is 44.9 Å². The van der Waals surface area contributed by atoms with Crippen molar-refractivity contribution in [3.8, 4) is 0 Å². The van der Waals surface area contributed by atoms with E-state index in [2.05, 4.69) is 4.90 Å². The third kappa shape index (κ3) is 3.71. The lowest BCUT2D eigenvalue weighted by molar-refractivity contribution is -0.185. The third-order valence-corrected chi connectivity index (χ3v) is 4.69. The van der Waals surface area contributed by atoms with Crippen molar-refractivity contribution < 1.29 is 18.0 Å². The van der Waals surface area contributed by atoms with Crippen molar-refractivity contribution in [3.05, 3.63) is 0 Å². The molecule has 110 valence electrons. The van der Waals surface area contributed by atoms with E-state index in [-0.39, 0.29) is 18.3 Å². The van der Waals surface area contributed by atoms with Crippen molar-refractivity contribution in [3.63, 3.8) is 0 Å². The Morgan fingerprint density at radius 3 is 2.16 bits per heavy atom. The first-order valence-corrected chi connectivity index (χ1v) is 7.21. The molecule has 1 aliphatic heterocycles. The summed E-state index contributed by atoms with van der Waals surface area (Å²) >= 11 is 0. The number of piperidine rings is 1. The third-order valence-electron chi connectivity index (χ3n) is 4.69. The summed E-state index contributed by atoms with van der Waals surface area (Å²) in [7, 11) is 0. The Morgan fingerprint density at radius 1 is 1.11 bits per heavy atom. The zero-order chi connectivity index (χ0) is 13.9. The van der Waals surface area contributed by atoms with Gasteiger partial charge in [-0.2, -0.15) is 13.2 Å². The van der Waals surface area contributed by atoms with Crippen molar-refractivity contribution >= 4 is 6.29 Å². The molecule has 0 N–H and O–H groups in total. The van der Waals surface area contributed by atoms with E-state index in [4.69, 9.17) is 0 Å². The topological polar surface area (TPSA) is 20.3 Å². The minimum absolute atomic E-state index is 0.179. The molecule has 1 heterocycles. The zero-order valence-corrected chi connectivity index (χ0v) is 11.2. The molecule has 2 nitrogen and oxygen atoms in total. The van der Waals surface area contributed by atoms with Crippen molar-refractivity contribution in [2.24, 2.45) is 11.3 Å². The normalized spacial score (nSPS) is 26.3. The molecule has 0 atom stereocenters. The molecular weight excluding hydrogens is 255 g/mol. The summed E-state index contributed by atoms with van der Waals surface area (Å²) in [5, 5.41) is 0. The van der Waals surface area contributed by atoms with Gasteiger partial charge in [-0.15, -0.1) is 0 Å². The molecule has 1 aliphatic carbocycles. The van der Waals surface area contributed by atoms with Gasteiger partial charge in [-0.25, -0.2) is 0 Å². The summed E-state index contributed by atoms with van der Waals surface area (Å²) in [6.07, 6.45) is 2.46. The lowest BCUT2D eigenvalue weighted by Crippen LogP contribution is -2.45. The second-order valence-electron chi connectivity index (χ2n) is 6.13. The van der Waals surface area contributed by atoms with Gasteiger partial charge in [-0.05, 0) is 38.8 Å². The predicted molar refractivity (Wildman–Crippen MR) is 66.8 cm³/mol. The SMILES string of the molecule is O=CC1(CN2CCC(C(F)(F)F)CC2)CCCCC1. The number of hydrogen-bond acceptors (Lipinski definition) is 2. The molecule has 1 saturated carbocycles. The molecule has 0 aromatic heterocycles. The number of aldehydes is 1. The van der Waals surface area contributed by atoms with Gasteiger partial charge in [0.25, 0.3) is 0 Å². The first-order valence-electron chi connectivity index (χ1n) is 7.21. The molecule has 2 aliphatic rings. The van der Waals surface area contributed by atoms with Crippen molar-refractivity contribution in [1.82, 2.24) is 4.90 Å². The number of halogens is 3. The van der Waals surface area contributed by atoms with Crippen LogP contribution in [0.4, 0.5) is 13.2 Å². The fraction of sp³-hybridized carbons (Fsp3) is 0.929. The van der Waals surface area contributed by atoms with E-state index < -0.39 is 12.1 Å². The van der Waals surface area contributed by atoms with Crippen LogP contribution >= 0.6 is 0 Å². The number of alkyl halides is 3. The number of nitrogens with zero attached hydrogens (tertiary/aromatic N) is 1. The summed E-state index contributed by atoms with van der Waals surface area (Å²) < 4.78 is 37.8. The molecule has 2 rings (SSSR count). The smallest absolute Gasteiger partial charge is 0.303 e. The second kappa shape index (κ2) is 5.81. The van der Waals surface area contributed by atoms with Crippen LogP contribution in [0.3, 0.4) is 0 Å². The number of hydrogen-bond donors (Lipinski definition) is 0. The van der Waals surface area contributed by atoms with E-state index in [1.807, 2.05) is 0 Å². The van der Waals surface area contributed by atoms with Crippen molar-refractivity contribution in [2.45, 2.75) is 51.1 Å². The quantitative estimate of drug-likeness (QED) is 0.737. The molecule has 0 aromatic carbocycles. The minimum Gasteiger partial charge on any atom is -0.303 e. The predicted octanol–water partition coefficient (Wildman–Crippen LogP) is 3.41. The molecule has 0 amide bonds. The maximum Gasteiger partial charge on any atom is 0.391 e. The van der Waals surface area contributed by atoms with Gasteiger partial charge in [0.05, 0.1) is 5.92 Å². The van der Waals surface area contributed by atoms with E-state index in [0.717, 1.165) is 32.0 Å². The van der Waals surface area contributed by atoms with Crippen LogP contribution in [-0.4, -0.2) is 37.0 Å². The van der Waals surface area contributed by atoms with Gasteiger partial charge in [-0.3, -0.25) is 0 Å². The van der Waals surface area contributed by atoms with E-state index in [1.54, 1.807) is 0 Å². The molecule has 0 aromatic rings. The van der Waals surface area contributed by atoms with E-state index in [9.17, 15) is 18.0 Å². The number of rotatable bonds is 3. The summed E-state index contributed by atoms with van der Waals surface area (Å²) in [6.45, 7) is 1.60. The van der Waals surface area contributed by atoms with Crippen molar-refractivity contribution in [2.75, 3.05) is 19.6 Å². The van der Waals surface area contributed by atoms with Crippen LogP contribution in [-0.2, 0) is 4.79 Å². The Hall–Kier alpha value is -0.580. The van der Waals surface area contributed by atoms with Gasteiger partial charge in [0, 0.05) is 12.0 Å². The van der Waals surface area contributed by atoms with Gasteiger partial charge >= 0.3 is 6.18 Å². The van der Waals surface area contributed by atoms with Crippen molar-refractivity contribution in [1.29, 1.82) is 0 Å². The maximum absolute atomic E-state index is 12.6. The molecule has 19 heavy (non-hydrogen) atoms. The van der Waals surface area contributed by atoms with Gasteiger partial charge in [0.1, 0.15) is 6.29 Å². The minimum atomic E-state index is -4.06. The first-order chi connectivity index (χ1) is 8.95.